The van der Waals surface area contributed by atoms with Gasteiger partial charge in [-0.1, -0.05) is 0 Å². The van der Waals surface area contributed by atoms with Crippen LogP contribution in [0.5, 0.6) is 0 Å². The van der Waals surface area contributed by atoms with E-state index in [9.17, 15) is 9.59 Å². The average Bonchev–Trinajstić information content (AvgIpc) is 2.36. The topological polar surface area (TPSA) is 79.5 Å². The van der Waals surface area contributed by atoms with Crippen molar-refractivity contribution in [2.24, 2.45) is 5.41 Å². The summed E-state index contributed by atoms with van der Waals surface area (Å²) in [6, 6.07) is 0.0798. The summed E-state index contributed by atoms with van der Waals surface area (Å²) in [5, 5.41) is 8.70. The number of carbonyl (C=O) groups is 2. The Balaban J connectivity index is 0.00000361. The normalized spacial score (nSPS) is 17.2. The molecule has 1 aliphatic heterocycles. The number of carbonyl (C=O) groups excluding carboxylic acids is 2. The molecular formula is C13H26ClN3O3. The van der Waals surface area contributed by atoms with E-state index in [0.29, 0.717) is 6.61 Å². The molecule has 1 heterocycles. The second kappa shape index (κ2) is 9.15. The summed E-state index contributed by atoms with van der Waals surface area (Å²) in [5.41, 5.74) is -0.502. The molecule has 0 spiro atoms. The first-order valence-corrected chi connectivity index (χ1v) is 6.77. The number of rotatable bonds is 6. The van der Waals surface area contributed by atoms with Gasteiger partial charge >= 0.3 is 0 Å². The minimum Gasteiger partial charge on any atom is -0.384 e. The second-order valence-electron chi connectivity index (χ2n) is 5.37. The Labute approximate surface area is 126 Å². The molecule has 0 aromatic carbocycles. The van der Waals surface area contributed by atoms with Crippen LogP contribution in [0.25, 0.3) is 0 Å². The van der Waals surface area contributed by atoms with E-state index in [1.165, 1.54) is 0 Å². The Morgan fingerprint density at radius 3 is 2.40 bits per heavy atom. The highest BCUT2D eigenvalue weighted by Crippen LogP contribution is 2.29. The van der Waals surface area contributed by atoms with Crippen LogP contribution in [0.4, 0.5) is 0 Å². The smallest absolute Gasteiger partial charge is 0.239 e. The van der Waals surface area contributed by atoms with Crippen molar-refractivity contribution in [3.63, 3.8) is 0 Å². The Hall–Kier alpha value is -0.850. The third kappa shape index (κ3) is 5.64. The third-order valence-electron chi connectivity index (χ3n) is 3.32. The van der Waals surface area contributed by atoms with Gasteiger partial charge in [0.15, 0.2) is 0 Å². The molecule has 0 aromatic heterocycles. The molecule has 6 nitrogen and oxygen atoms in total. The van der Waals surface area contributed by atoms with Crippen LogP contribution in [-0.4, -0.2) is 51.2 Å². The summed E-state index contributed by atoms with van der Waals surface area (Å²) in [6.45, 7) is 5.80. The predicted octanol–water partition coefficient (Wildman–Crippen LogP) is 0.0652. The van der Waals surface area contributed by atoms with Crippen LogP contribution in [0.2, 0.25) is 0 Å². The summed E-state index contributed by atoms with van der Waals surface area (Å²) in [7, 11) is 1.60. The maximum atomic E-state index is 12.3. The molecule has 1 rings (SSSR count). The van der Waals surface area contributed by atoms with E-state index in [-0.39, 0.29) is 36.8 Å². The van der Waals surface area contributed by atoms with Crippen molar-refractivity contribution in [3.8, 4) is 0 Å². The number of methoxy groups -OCH3 is 1. The minimum absolute atomic E-state index is 0. The van der Waals surface area contributed by atoms with Gasteiger partial charge in [-0.05, 0) is 39.8 Å². The Bertz CT molecular complexity index is 312. The van der Waals surface area contributed by atoms with Gasteiger partial charge in [-0.2, -0.15) is 0 Å². The summed E-state index contributed by atoms with van der Waals surface area (Å²) in [5.74, 6) is -0.250. The Kier molecular flexibility index (Phi) is 8.76. The molecule has 1 fully saturated rings. The molecule has 20 heavy (non-hydrogen) atoms. The zero-order valence-electron chi connectivity index (χ0n) is 12.5. The molecule has 1 saturated heterocycles. The fourth-order valence-corrected chi connectivity index (χ4v) is 2.34. The average molecular weight is 308 g/mol. The van der Waals surface area contributed by atoms with Gasteiger partial charge in [-0.3, -0.25) is 9.59 Å². The Morgan fingerprint density at radius 1 is 1.30 bits per heavy atom. The van der Waals surface area contributed by atoms with E-state index in [4.69, 9.17) is 4.74 Å². The maximum absolute atomic E-state index is 12.3. The highest BCUT2D eigenvalue weighted by molar-refractivity contribution is 5.88. The highest BCUT2D eigenvalue weighted by Gasteiger charge is 2.39. The number of amides is 2. The van der Waals surface area contributed by atoms with Crippen molar-refractivity contribution >= 4 is 24.2 Å². The van der Waals surface area contributed by atoms with Crippen LogP contribution in [0, 0.1) is 5.41 Å². The molecule has 0 saturated carbocycles. The van der Waals surface area contributed by atoms with Crippen molar-refractivity contribution in [1.82, 2.24) is 16.0 Å². The molecule has 3 N–H and O–H groups in total. The van der Waals surface area contributed by atoms with Crippen molar-refractivity contribution in [3.05, 3.63) is 0 Å². The zero-order chi connectivity index (χ0) is 14.3. The zero-order valence-corrected chi connectivity index (χ0v) is 13.3. The lowest BCUT2D eigenvalue weighted by Gasteiger charge is -2.35. The van der Waals surface area contributed by atoms with Gasteiger partial charge in [0.25, 0.3) is 0 Å². The molecule has 0 radical (unpaired) electrons. The molecule has 0 aromatic rings. The molecular weight excluding hydrogens is 282 g/mol. The Morgan fingerprint density at radius 2 is 1.90 bits per heavy atom. The molecule has 2 amide bonds. The van der Waals surface area contributed by atoms with Crippen molar-refractivity contribution in [2.45, 2.75) is 32.7 Å². The lowest BCUT2D eigenvalue weighted by Crippen LogP contribution is -2.52. The van der Waals surface area contributed by atoms with E-state index in [1.54, 1.807) is 7.11 Å². The first-order valence-electron chi connectivity index (χ1n) is 6.77. The van der Waals surface area contributed by atoms with Gasteiger partial charge in [0, 0.05) is 13.2 Å². The molecule has 0 bridgehead atoms. The fraction of sp³-hybridized carbons (Fsp3) is 0.846. The summed E-state index contributed by atoms with van der Waals surface area (Å²) in [6.07, 6.45) is 1.47. The second-order valence-corrected chi connectivity index (χ2v) is 5.37. The van der Waals surface area contributed by atoms with Crippen LogP contribution in [0.3, 0.4) is 0 Å². The standard InChI is InChI=1S/C13H25N3O3.ClH/c1-10(2)16-11(17)8-15-12(18)13(9-19-3)4-6-14-7-5-13;/h10,14H,4-9H2,1-3H3,(H,15,18)(H,16,17);1H. The lowest BCUT2D eigenvalue weighted by atomic mass is 9.78. The molecule has 1 aliphatic rings. The van der Waals surface area contributed by atoms with Gasteiger partial charge in [-0.25, -0.2) is 0 Å². The number of piperidine rings is 1. The maximum Gasteiger partial charge on any atom is 0.239 e. The van der Waals surface area contributed by atoms with Gasteiger partial charge in [0.05, 0.1) is 18.6 Å². The van der Waals surface area contributed by atoms with E-state index >= 15 is 0 Å². The van der Waals surface area contributed by atoms with Gasteiger partial charge in [0.2, 0.25) is 11.8 Å². The lowest BCUT2D eigenvalue weighted by molar-refractivity contribution is -0.137. The van der Waals surface area contributed by atoms with Crippen LogP contribution >= 0.6 is 12.4 Å². The molecule has 0 atom stereocenters. The first-order chi connectivity index (χ1) is 9.00. The molecule has 0 aliphatic carbocycles. The highest BCUT2D eigenvalue weighted by atomic mass is 35.5. The fourth-order valence-electron chi connectivity index (χ4n) is 2.34. The number of hydrogen-bond acceptors (Lipinski definition) is 4. The number of ether oxygens (including phenoxy) is 1. The number of nitrogens with one attached hydrogen (secondary N) is 3. The van der Waals surface area contributed by atoms with Crippen LogP contribution in [0.1, 0.15) is 26.7 Å². The number of halogens is 1. The van der Waals surface area contributed by atoms with Crippen molar-refractivity contribution in [2.75, 3.05) is 33.4 Å². The van der Waals surface area contributed by atoms with E-state index in [1.807, 2.05) is 13.8 Å². The summed E-state index contributed by atoms with van der Waals surface area (Å²) < 4.78 is 5.19. The summed E-state index contributed by atoms with van der Waals surface area (Å²) >= 11 is 0. The van der Waals surface area contributed by atoms with Crippen LogP contribution in [-0.2, 0) is 14.3 Å². The number of hydrogen-bond donors (Lipinski definition) is 3. The van der Waals surface area contributed by atoms with Gasteiger partial charge < -0.3 is 20.7 Å². The first kappa shape index (κ1) is 19.1. The molecule has 118 valence electrons. The van der Waals surface area contributed by atoms with Gasteiger partial charge in [-0.15, -0.1) is 12.4 Å². The monoisotopic (exact) mass is 307 g/mol. The molecule has 7 heteroatoms. The molecule has 0 unspecified atom stereocenters. The quantitative estimate of drug-likeness (QED) is 0.648. The van der Waals surface area contributed by atoms with Crippen LogP contribution < -0.4 is 16.0 Å². The minimum atomic E-state index is -0.502. The van der Waals surface area contributed by atoms with E-state index in [0.717, 1.165) is 25.9 Å². The predicted molar refractivity (Wildman–Crippen MR) is 79.9 cm³/mol. The van der Waals surface area contributed by atoms with E-state index in [2.05, 4.69) is 16.0 Å². The SMILES string of the molecule is COCC1(C(=O)NCC(=O)NC(C)C)CCNCC1.Cl. The third-order valence-corrected chi connectivity index (χ3v) is 3.32. The summed E-state index contributed by atoms with van der Waals surface area (Å²) in [4.78, 5) is 23.8. The van der Waals surface area contributed by atoms with Crippen LogP contribution in [0.15, 0.2) is 0 Å². The largest absolute Gasteiger partial charge is 0.384 e. The van der Waals surface area contributed by atoms with Crippen molar-refractivity contribution < 1.29 is 14.3 Å². The van der Waals surface area contributed by atoms with Gasteiger partial charge in [0.1, 0.15) is 0 Å². The van der Waals surface area contributed by atoms with E-state index < -0.39 is 5.41 Å². The van der Waals surface area contributed by atoms with Crippen molar-refractivity contribution in [1.29, 1.82) is 0 Å².